The monoisotopic (exact) mass is 326 g/mol. The smallest absolute Gasteiger partial charge is 0.160 e. The van der Waals surface area contributed by atoms with Crippen molar-refractivity contribution in [3.05, 3.63) is 59.7 Å². The van der Waals surface area contributed by atoms with Crippen LogP contribution in [0.4, 0.5) is 0 Å². The van der Waals surface area contributed by atoms with E-state index in [1.54, 1.807) is 14.2 Å². The van der Waals surface area contributed by atoms with Gasteiger partial charge in [-0.05, 0) is 36.1 Å². The van der Waals surface area contributed by atoms with Crippen LogP contribution in [0.25, 0.3) is 0 Å². The summed E-state index contributed by atoms with van der Waals surface area (Å²) in [7, 11) is 3.28. The molecule has 0 aliphatic rings. The highest BCUT2D eigenvalue weighted by Crippen LogP contribution is 2.27. The highest BCUT2D eigenvalue weighted by molar-refractivity contribution is 5.87. The van der Waals surface area contributed by atoms with E-state index in [9.17, 15) is 0 Å². The summed E-state index contributed by atoms with van der Waals surface area (Å²) in [6.07, 6.45) is 1.75. The van der Waals surface area contributed by atoms with E-state index in [0.717, 1.165) is 29.9 Å². The van der Waals surface area contributed by atoms with Gasteiger partial charge in [0.25, 0.3) is 0 Å². The molecule has 4 nitrogen and oxygen atoms in total. The van der Waals surface area contributed by atoms with Gasteiger partial charge in [-0.3, -0.25) is 4.99 Å². The summed E-state index contributed by atoms with van der Waals surface area (Å²) in [5.41, 5.74) is 8.60. The molecule has 2 rings (SSSR count). The quantitative estimate of drug-likeness (QED) is 0.593. The second-order valence-corrected chi connectivity index (χ2v) is 5.62. The van der Waals surface area contributed by atoms with Crippen molar-refractivity contribution in [2.75, 3.05) is 20.8 Å². The average molecular weight is 326 g/mol. The molecule has 0 saturated carbocycles. The van der Waals surface area contributed by atoms with Crippen LogP contribution in [0.3, 0.4) is 0 Å². The lowest BCUT2D eigenvalue weighted by Gasteiger charge is -2.15. The minimum Gasteiger partial charge on any atom is -0.493 e. The van der Waals surface area contributed by atoms with Crippen molar-refractivity contribution in [1.29, 1.82) is 0 Å². The molecule has 0 fully saturated rings. The first-order chi connectivity index (χ1) is 11.7. The zero-order chi connectivity index (χ0) is 17.4. The molecular formula is C20H26N2O2. The summed E-state index contributed by atoms with van der Waals surface area (Å²) < 4.78 is 10.6. The number of benzene rings is 2. The lowest BCUT2D eigenvalue weighted by Crippen LogP contribution is -2.22. The van der Waals surface area contributed by atoms with Gasteiger partial charge in [0, 0.05) is 12.5 Å². The lowest BCUT2D eigenvalue weighted by atomic mass is 9.95. The van der Waals surface area contributed by atoms with Crippen LogP contribution in [-0.2, 0) is 6.42 Å². The van der Waals surface area contributed by atoms with Gasteiger partial charge in [-0.1, -0.05) is 43.3 Å². The predicted molar refractivity (Wildman–Crippen MR) is 99.2 cm³/mol. The Bertz CT molecular complexity index is 669. The number of hydrogen-bond acceptors (Lipinski definition) is 3. The van der Waals surface area contributed by atoms with Crippen LogP contribution in [0.1, 0.15) is 30.4 Å². The second-order valence-electron chi connectivity index (χ2n) is 5.62. The maximum atomic E-state index is 6.23. The number of ether oxygens (including phenoxy) is 2. The van der Waals surface area contributed by atoms with Crippen molar-refractivity contribution in [1.82, 2.24) is 0 Å². The van der Waals surface area contributed by atoms with E-state index in [1.807, 2.05) is 36.4 Å². The maximum absolute atomic E-state index is 6.23. The van der Waals surface area contributed by atoms with Crippen LogP contribution in [0.15, 0.2) is 53.5 Å². The fourth-order valence-corrected chi connectivity index (χ4v) is 2.76. The third-order valence-electron chi connectivity index (χ3n) is 4.11. The predicted octanol–water partition coefficient (Wildman–Crippen LogP) is 3.80. The van der Waals surface area contributed by atoms with Gasteiger partial charge in [0.05, 0.1) is 14.2 Å². The first-order valence-corrected chi connectivity index (χ1v) is 8.25. The number of nitrogens with zero attached hydrogens (tertiary/aromatic N) is 1. The average Bonchev–Trinajstić information content (AvgIpc) is 2.63. The largest absolute Gasteiger partial charge is 0.493 e. The SMILES string of the molecule is CC[C@H](C(N)=NCCc1ccc(OC)c(OC)c1)c1ccccc1. The van der Waals surface area contributed by atoms with Gasteiger partial charge in [0.2, 0.25) is 0 Å². The fourth-order valence-electron chi connectivity index (χ4n) is 2.76. The van der Waals surface area contributed by atoms with E-state index in [-0.39, 0.29) is 5.92 Å². The maximum Gasteiger partial charge on any atom is 0.160 e. The van der Waals surface area contributed by atoms with E-state index < -0.39 is 0 Å². The van der Waals surface area contributed by atoms with E-state index in [2.05, 4.69) is 24.0 Å². The Kier molecular flexibility index (Phi) is 6.67. The summed E-state index contributed by atoms with van der Waals surface area (Å²) in [5.74, 6) is 2.35. The Hall–Kier alpha value is -2.49. The van der Waals surface area contributed by atoms with E-state index in [0.29, 0.717) is 12.4 Å². The summed E-state index contributed by atoms with van der Waals surface area (Å²) in [5, 5.41) is 0. The number of hydrogen-bond donors (Lipinski definition) is 1. The third kappa shape index (κ3) is 4.51. The van der Waals surface area contributed by atoms with Gasteiger partial charge in [0.1, 0.15) is 5.84 Å². The normalized spacial score (nSPS) is 12.7. The van der Waals surface area contributed by atoms with Crippen molar-refractivity contribution in [2.45, 2.75) is 25.7 Å². The Morgan fingerprint density at radius 2 is 1.75 bits per heavy atom. The summed E-state index contributed by atoms with van der Waals surface area (Å²) in [4.78, 5) is 4.59. The summed E-state index contributed by atoms with van der Waals surface area (Å²) in [6, 6.07) is 16.2. The molecule has 24 heavy (non-hydrogen) atoms. The molecule has 0 amide bonds. The van der Waals surface area contributed by atoms with Gasteiger partial charge >= 0.3 is 0 Å². The molecule has 0 aromatic heterocycles. The molecule has 0 radical (unpaired) electrons. The van der Waals surface area contributed by atoms with E-state index in [4.69, 9.17) is 15.2 Å². The molecule has 4 heteroatoms. The van der Waals surface area contributed by atoms with Gasteiger partial charge in [0.15, 0.2) is 11.5 Å². The third-order valence-corrected chi connectivity index (χ3v) is 4.11. The fraction of sp³-hybridized carbons (Fsp3) is 0.350. The molecule has 0 unspecified atom stereocenters. The molecule has 1 atom stereocenters. The van der Waals surface area contributed by atoms with Crippen molar-refractivity contribution >= 4 is 5.84 Å². The van der Waals surface area contributed by atoms with Crippen LogP contribution < -0.4 is 15.2 Å². The molecule has 0 heterocycles. The van der Waals surface area contributed by atoms with Crippen LogP contribution >= 0.6 is 0 Å². The lowest BCUT2D eigenvalue weighted by molar-refractivity contribution is 0.354. The molecular weight excluding hydrogens is 300 g/mol. The van der Waals surface area contributed by atoms with E-state index in [1.165, 1.54) is 5.56 Å². The van der Waals surface area contributed by atoms with Gasteiger partial charge in [-0.25, -0.2) is 0 Å². The van der Waals surface area contributed by atoms with Gasteiger partial charge in [-0.15, -0.1) is 0 Å². The molecule has 0 aliphatic heterocycles. The van der Waals surface area contributed by atoms with Crippen LogP contribution in [0.5, 0.6) is 11.5 Å². The minimum absolute atomic E-state index is 0.177. The Morgan fingerprint density at radius 3 is 2.38 bits per heavy atom. The number of aliphatic imine (C=N–C) groups is 1. The molecule has 0 aliphatic carbocycles. The van der Waals surface area contributed by atoms with Crippen LogP contribution in [0.2, 0.25) is 0 Å². The highest BCUT2D eigenvalue weighted by Gasteiger charge is 2.13. The summed E-state index contributed by atoms with van der Waals surface area (Å²) in [6.45, 7) is 2.79. The highest BCUT2D eigenvalue weighted by atomic mass is 16.5. The van der Waals surface area contributed by atoms with Crippen molar-refractivity contribution in [3.63, 3.8) is 0 Å². The number of rotatable bonds is 8. The standard InChI is InChI=1S/C20H26N2O2/c1-4-17(16-8-6-5-7-9-16)20(21)22-13-12-15-10-11-18(23-2)19(14-15)24-3/h5-11,14,17H,4,12-13H2,1-3H3,(H2,21,22)/t17-/m0/s1. The van der Waals surface area contributed by atoms with Crippen LogP contribution in [-0.4, -0.2) is 26.6 Å². The Labute approximate surface area is 144 Å². The topological polar surface area (TPSA) is 56.8 Å². The molecule has 128 valence electrons. The van der Waals surface area contributed by atoms with E-state index >= 15 is 0 Å². The van der Waals surface area contributed by atoms with Gasteiger partial charge in [-0.2, -0.15) is 0 Å². The number of amidine groups is 1. The molecule has 2 aromatic carbocycles. The molecule has 0 bridgehead atoms. The first kappa shape index (κ1) is 17.9. The second kappa shape index (κ2) is 8.96. The van der Waals surface area contributed by atoms with Crippen LogP contribution in [0, 0.1) is 0 Å². The zero-order valence-corrected chi connectivity index (χ0v) is 14.7. The molecule has 0 saturated heterocycles. The van der Waals surface area contributed by atoms with Gasteiger partial charge < -0.3 is 15.2 Å². The minimum atomic E-state index is 0.177. The van der Waals surface area contributed by atoms with Crippen molar-refractivity contribution in [2.24, 2.45) is 10.7 Å². The Balaban J connectivity index is 2.02. The van der Waals surface area contributed by atoms with Crippen molar-refractivity contribution in [3.8, 4) is 11.5 Å². The van der Waals surface area contributed by atoms with Crippen molar-refractivity contribution < 1.29 is 9.47 Å². The number of methoxy groups -OCH3 is 2. The first-order valence-electron chi connectivity index (χ1n) is 8.25. The molecule has 2 N–H and O–H groups in total. The Morgan fingerprint density at radius 1 is 1.04 bits per heavy atom. The molecule has 0 spiro atoms. The summed E-state index contributed by atoms with van der Waals surface area (Å²) >= 11 is 0. The zero-order valence-electron chi connectivity index (χ0n) is 14.7. The number of nitrogens with two attached hydrogens (primary N) is 1. The molecule has 2 aromatic rings.